The van der Waals surface area contributed by atoms with Gasteiger partial charge in [0.25, 0.3) is 0 Å². The summed E-state index contributed by atoms with van der Waals surface area (Å²) in [6.07, 6.45) is 64.7. The summed E-state index contributed by atoms with van der Waals surface area (Å²) in [5.41, 5.74) is 0. The highest BCUT2D eigenvalue weighted by atomic mass is 16.5. The molecule has 2 N–H and O–H groups in total. The first-order valence-electron chi connectivity index (χ1n) is 21.7. The van der Waals surface area contributed by atoms with Crippen LogP contribution in [-0.2, 0) is 19.1 Å². The second kappa shape index (κ2) is 43.5. The fraction of sp³-hybridized carbons (Fsp3) is 0.540. The number of nitrogens with one attached hydrogen (secondary N) is 1. The molecule has 56 heavy (non-hydrogen) atoms. The number of ether oxygens (including phenoxy) is 1. The molecule has 0 radical (unpaired) electrons. The van der Waals surface area contributed by atoms with Gasteiger partial charge in [-0.15, -0.1) is 0 Å². The van der Waals surface area contributed by atoms with E-state index < -0.39 is 5.97 Å². The van der Waals surface area contributed by atoms with Gasteiger partial charge in [0, 0.05) is 12.8 Å². The highest BCUT2D eigenvalue weighted by Crippen LogP contribution is 2.14. The molecule has 1 amide bonds. The number of unbranched alkanes of at least 4 members (excludes halogenated alkanes) is 8. The van der Waals surface area contributed by atoms with Crippen molar-refractivity contribution in [3.63, 3.8) is 0 Å². The van der Waals surface area contributed by atoms with Gasteiger partial charge in [-0.25, -0.2) is 0 Å². The maximum absolute atomic E-state index is 12.7. The van der Waals surface area contributed by atoms with E-state index >= 15 is 0 Å². The first kappa shape index (κ1) is 51.8. The Hall–Kier alpha value is -4.19. The van der Waals surface area contributed by atoms with Crippen LogP contribution in [0.4, 0.5) is 0 Å². The monoisotopic (exact) mass is 772 g/mol. The second-order valence-corrected chi connectivity index (χ2v) is 13.8. The van der Waals surface area contributed by atoms with Crippen molar-refractivity contribution in [2.75, 3.05) is 6.54 Å². The molecule has 0 bridgehead atoms. The molecule has 312 valence electrons. The van der Waals surface area contributed by atoms with Crippen LogP contribution in [-0.4, -0.2) is 35.6 Å². The number of hydrogen-bond donors (Lipinski definition) is 2. The number of esters is 1. The molecule has 0 aromatic carbocycles. The molecule has 1 atom stereocenters. The molecule has 0 saturated heterocycles. The lowest BCUT2D eigenvalue weighted by Gasteiger charge is -2.14. The fourth-order valence-electron chi connectivity index (χ4n) is 5.48. The summed E-state index contributed by atoms with van der Waals surface area (Å²) < 4.78 is 5.83. The Morgan fingerprint density at radius 3 is 1.34 bits per heavy atom. The molecule has 1 unspecified atom stereocenters. The van der Waals surface area contributed by atoms with Crippen molar-refractivity contribution < 1.29 is 24.2 Å². The maximum Gasteiger partial charge on any atom is 0.322 e. The minimum absolute atomic E-state index is 0.174. The molecule has 0 fully saturated rings. The molecule has 0 aliphatic heterocycles. The largest absolute Gasteiger partial charge is 0.480 e. The number of carboxylic acid groups (broad SMARTS) is 1. The summed E-state index contributed by atoms with van der Waals surface area (Å²) in [5, 5.41) is 11.1. The first-order valence-corrected chi connectivity index (χ1v) is 21.7. The first-order chi connectivity index (χ1) is 27.5. The molecule has 0 saturated carbocycles. The van der Waals surface area contributed by atoms with Crippen molar-refractivity contribution in [2.24, 2.45) is 0 Å². The Bertz CT molecular complexity index is 1260. The number of rotatable bonds is 37. The number of carboxylic acids is 1. The van der Waals surface area contributed by atoms with Gasteiger partial charge >= 0.3 is 11.9 Å². The highest BCUT2D eigenvalue weighted by Gasteiger charge is 2.12. The lowest BCUT2D eigenvalue weighted by Crippen LogP contribution is -2.28. The summed E-state index contributed by atoms with van der Waals surface area (Å²) in [6, 6.07) is 0. The summed E-state index contributed by atoms with van der Waals surface area (Å²) in [7, 11) is 0. The van der Waals surface area contributed by atoms with E-state index in [1.807, 2.05) is 12.2 Å². The zero-order valence-electron chi connectivity index (χ0n) is 35.2. The topological polar surface area (TPSA) is 92.7 Å². The number of carbonyl (C=O) groups is 3. The summed E-state index contributed by atoms with van der Waals surface area (Å²) in [5.74, 6) is -1.51. The SMILES string of the molecule is CC/C=C\C/C=C\C/C=C\C/C=C\C/C=C\CCCCCCCCCC(=O)OC(/C=C\C/C=C\C/C=C\C/C=C\C/C=C\CC)CCCCC(=O)NCC(=O)O. The lowest BCUT2D eigenvalue weighted by molar-refractivity contribution is -0.147. The Balaban J connectivity index is 4.25. The van der Waals surface area contributed by atoms with Crippen molar-refractivity contribution in [1.82, 2.24) is 5.32 Å². The van der Waals surface area contributed by atoms with Gasteiger partial charge in [0.15, 0.2) is 0 Å². The van der Waals surface area contributed by atoms with Crippen LogP contribution < -0.4 is 5.32 Å². The molecule has 0 spiro atoms. The van der Waals surface area contributed by atoms with Crippen molar-refractivity contribution in [3.8, 4) is 0 Å². The van der Waals surface area contributed by atoms with E-state index in [2.05, 4.69) is 129 Å². The summed E-state index contributed by atoms with van der Waals surface area (Å²) in [4.78, 5) is 35.2. The summed E-state index contributed by atoms with van der Waals surface area (Å²) in [6.45, 7) is 3.93. The Kier molecular flexibility index (Phi) is 40.3. The van der Waals surface area contributed by atoms with Crippen LogP contribution in [0, 0.1) is 0 Å². The number of hydrogen-bond acceptors (Lipinski definition) is 4. The van der Waals surface area contributed by atoms with Crippen LogP contribution in [0.1, 0.15) is 162 Å². The highest BCUT2D eigenvalue weighted by molar-refractivity contribution is 5.81. The molecule has 0 aliphatic rings. The number of amides is 1. The van der Waals surface area contributed by atoms with Crippen LogP contribution >= 0.6 is 0 Å². The lowest BCUT2D eigenvalue weighted by atomic mass is 10.1. The van der Waals surface area contributed by atoms with Crippen molar-refractivity contribution in [1.29, 1.82) is 0 Å². The molecule has 6 nitrogen and oxygen atoms in total. The van der Waals surface area contributed by atoms with E-state index in [0.717, 1.165) is 89.9 Å². The standard InChI is InChI=1S/C50H77NO5/c1-3-5-7-9-11-13-15-17-19-20-21-22-23-24-25-26-27-29-31-33-35-37-39-45-50(55)56-47(43-40-41-44-48(52)51-46-49(53)54)42-38-36-34-32-30-28-18-16-14-12-10-8-6-4-2/h5-8,11-14,17-19,21-22,24-25,28,32,34,38,42,47H,3-4,9-10,15-16,20,23,26-27,29-31,33,35-37,39-41,43-46H2,1-2H3,(H,51,52)(H,53,54)/b7-5-,8-6-,13-11-,14-12-,19-17-,22-21-,25-24-,28-18-,34-32-,42-38-. The van der Waals surface area contributed by atoms with Crippen LogP contribution in [0.2, 0.25) is 0 Å². The molecular weight excluding hydrogens is 695 g/mol. The van der Waals surface area contributed by atoms with Crippen LogP contribution in [0.3, 0.4) is 0 Å². The average molecular weight is 772 g/mol. The normalized spacial score (nSPS) is 13.3. The molecule has 0 rings (SSSR count). The predicted octanol–water partition coefficient (Wildman–Crippen LogP) is 13.7. The van der Waals surface area contributed by atoms with Gasteiger partial charge < -0.3 is 15.2 Å². The average Bonchev–Trinajstić information content (AvgIpc) is 3.18. The van der Waals surface area contributed by atoms with Crippen molar-refractivity contribution in [2.45, 2.75) is 168 Å². The van der Waals surface area contributed by atoms with E-state index in [9.17, 15) is 14.4 Å². The minimum Gasteiger partial charge on any atom is -0.480 e. The maximum atomic E-state index is 12.7. The van der Waals surface area contributed by atoms with E-state index in [-0.39, 0.29) is 30.9 Å². The third kappa shape index (κ3) is 42.6. The van der Waals surface area contributed by atoms with Gasteiger partial charge in [-0.2, -0.15) is 0 Å². The van der Waals surface area contributed by atoms with Gasteiger partial charge in [0.1, 0.15) is 12.6 Å². The van der Waals surface area contributed by atoms with Crippen LogP contribution in [0.5, 0.6) is 0 Å². The third-order valence-corrected chi connectivity index (χ3v) is 8.61. The predicted molar refractivity (Wildman–Crippen MR) is 239 cm³/mol. The molecule has 0 heterocycles. The van der Waals surface area contributed by atoms with E-state index in [1.165, 1.54) is 25.7 Å². The zero-order valence-corrected chi connectivity index (χ0v) is 35.2. The second-order valence-electron chi connectivity index (χ2n) is 13.8. The third-order valence-electron chi connectivity index (χ3n) is 8.61. The van der Waals surface area contributed by atoms with Gasteiger partial charge in [0.05, 0.1) is 0 Å². The van der Waals surface area contributed by atoms with Gasteiger partial charge in [-0.05, 0) is 109 Å². The van der Waals surface area contributed by atoms with Crippen molar-refractivity contribution in [3.05, 3.63) is 122 Å². The Morgan fingerprint density at radius 1 is 0.482 bits per heavy atom. The Morgan fingerprint density at radius 2 is 0.875 bits per heavy atom. The van der Waals surface area contributed by atoms with Crippen molar-refractivity contribution >= 4 is 17.8 Å². The summed E-state index contributed by atoms with van der Waals surface area (Å²) >= 11 is 0. The fourth-order valence-corrected chi connectivity index (χ4v) is 5.48. The molecule has 0 aliphatic carbocycles. The van der Waals surface area contributed by atoms with Gasteiger partial charge in [-0.3, -0.25) is 14.4 Å². The minimum atomic E-state index is -1.06. The Labute approximate surface area is 342 Å². The zero-order chi connectivity index (χ0) is 40.8. The molecule has 6 heteroatoms. The van der Waals surface area contributed by atoms with E-state index in [1.54, 1.807) is 0 Å². The quantitative estimate of drug-likeness (QED) is 0.0373. The molecular formula is C50H77NO5. The van der Waals surface area contributed by atoms with Crippen LogP contribution in [0.15, 0.2) is 122 Å². The van der Waals surface area contributed by atoms with Gasteiger partial charge in [-0.1, -0.05) is 161 Å². The number of aliphatic carboxylic acids is 1. The number of carbonyl (C=O) groups excluding carboxylic acids is 2. The van der Waals surface area contributed by atoms with E-state index in [4.69, 9.17) is 9.84 Å². The van der Waals surface area contributed by atoms with Crippen LogP contribution in [0.25, 0.3) is 0 Å². The van der Waals surface area contributed by atoms with E-state index in [0.29, 0.717) is 25.7 Å². The molecule has 0 aromatic heterocycles. The number of allylic oxidation sites excluding steroid dienone is 19. The molecule has 0 aromatic rings. The smallest absolute Gasteiger partial charge is 0.322 e. The van der Waals surface area contributed by atoms with Gasteiger partial charge in [0.2, 0.25) is 5.91 Å².